The highest BCUT2D eigenvalue weighted by Gasteiger charge is 2.41. The smallest absolute Gasteiger partial charge is 0.272 e. The minimum atomic E-state index is -0.707. The molecule has 1 saturated carbocycles. The van der Waals surface area contributed by atoms with E-state index in [2.05, 4.69) is 0 Å². The zero-order chi connectivity index (χ0) is 13.3. The molecule has 0 unspecified atom stereocenters. The molecule has 0 amide bonds. The van der Waals surface area contributed by atoms with Crippen molar-refractivity contribution < 1.29 is 14.1 Å². The van der Waals surface area contributed by atoms with Gasteiger partial charge in [-0.3, -0.25) is 10.1 Å². The summed E-state index contributed by atoms with van der Waals surface area (Å²) in [5, 5.41) is 10.8. The van der Waals surface area contributed by atoms with Crippen molar-refractivity contribution >= 4 is 5.69 Å². The van der Waals surface area contributed by atoms with E-state index in [1.807, 2.05) is 0 Å². The summed E-state index contributed by atoms with van der Waals surface area (Å²) in [6, 6.07) is 2.26. The summed E-state index contributed by atoms with van der Waals surface area (Å²) in [5.41, 5.74) is 5.63. The number of rotatable bonds is 4. The second kappa shape index (κ2) is 4.53. The van der Waals surface area contributed by atoms with Crippen molar-refractivity contribution in [2.75, 3.05) is 13.7 Å². The fourth-order valence-electron chi connectivity index (χ4n) is 2.47. The molecule has 0 aliphatic heterocycles. The number of benzene rings is 1. The first kappa shape index (κ1) is 12.8. The Bertz CT molecular complexity index is 481. The van der Waals surface area contributed by atoms with Crippen LogP contribution in [0.5, 0.6) is 5.75 Å². The van der Waals surface area contributed by atoms with Crippen molar-refractivity contribution in [3.05, 3.63) is 33.6 Å². The Morgan fingerprint density at radius 3 is 2.61 bits per heavy atom. The van der Waals surface area contributed by atoms with Crippen LogP contribution < -0.4 is 10.5 Å². The first-order valence-electron chi connectivity index (χ1n) is 5.76. The number of hydrogen-bond donors (Lipinski definition) is 1. The van der Waals surface area contributed by atoms with E-state index in [-0.39, 0.29) is 16.9 Å². The predicted molar refractivity (Wildman–Crippen MR) is 64.2 cm³/mol. The van der Waals surface area contributed by atoms with Crippen molar-refractivity contribution in [3.8, 4) is 5.75 Å². The second-order valence-electron chi connectivity index (χ2n) is 4.60. The van der Waals surface area contributed by atoms with E-state index in [1.54, 1.807) is 0 Å². The van der Waals surface area contributed by atoms with Crippen LogP contribution in [-0.2, 0) is 5.41 Å². The largest absolute Gasteiger partial charge is 0.493 e. The van der Waals surface area contributed by atoms with E-state index in [0.717, 1.165) is 25.3 Å². The molecule has 0 heterocycles. The Kier molecular flexibility index (Phi) is 3.21. The van der Waals surface area contributed by atoms with Gasteiger partial charge in [-0.2, -0.15) is 0 Å². The third-order valence-corrected chi connectivity index (χ3v) is 3.72. The molecule has 2 rings (SSSR count). The van der Waals surface area contributed by atoms with Gasteiger partial charge in [0.2, 0.25) is 0 Å². The average Bonchev–Trinajstić information content (AvgIpc) is 2.27. The number of nitro benzene ring substituents is 1. The van der Waals surface area contributed by atoms with Gasteiger partial charge >= 0.3 is 0 Å². The first-order valence-corrected chi connectivity index (χ1v) is 5.76. The van der Waals surface area contributed by atoms with Gasteiger partial charge in [0.1, 0.15) is 0 Å². The monoisotopic (exact) mass is 254 g/mol. The van der Waals surface area contributed by atoms with Crippen LogP contribution in [0.3, 0.4) is 0 Å². The standard InChI is InChI=1S/C12H15FN2O3/c1-18-11-9(12(7-14)3-2-4-12)5-8(15(16)17)6-10(11)13/h5-6H,2-4,7,14H2,1H3. The zero-order valence-electron chi connectivity index (χ0n) is 10.1. The SMILES string of the molecule is COc1c(F)cc([N+](=O)[O-])cc1C1(CN)CCC1. The molecule has 0 spiro atoms. The Morgan fingerprint density at radius 1 is 1.56 bits per heavy atom. The number of nitrogens with two attached hydrogens (primary N) is 1. The van der Waals surface area contributed by atoms with E-state index >= 15 is 0 Å². The van der Waals surface area contributed by atoms with Gasteiger partial charge in [-0.05, 0) is 12.8 Å². The Balaban J connectivity index is 2.59. The number of hydrogen-bond acceptors (Lipinski definition) is 4. The van der Waals surface area contributed by atoms with Crippen molar-refractivity contribution in [1.82, 2.24) is 0 Å². The van der Waals surface area contributed by atoms with E-state index < -0.39 is 10.7 Å². The van der Waals surface area contributed by atoms with Gasteiger partial charge < -0.3 is 10.5 Å². The molecule has 1 fully saturated rings. The maximum atomic E-state index is 13.8. The molecule has 2 N–H and O–H groups in total. The third-order valence-electron chi connectivity index (χ3n) is 3.72. The molecular formula is C12H15FN2O3. The molecule has 0 radical (unpaired) electrons. The molecule has 6 heteroatoms. The number of non-ortho nitro benzene ring substituents is 1. The minimum Gasteiger partial charge on any atom is -0.493 e. The first-order chi connectivity index (χ1) is 8.54. The van der Waals surface area contributed by atoms with Gasteiger partial charge in [-0.1, -0.05) is 6.42 Å². The van der Waals surface area contributed by atoms with Crippen LogP contribution in [0.4, 0.5) is 10.1 Å². The molecule has 1 aliphatic carbocycles. The van der Waals surface area contributed by atoms with Crippen molar-refractivity contribution in [1.29, 1.82) is 0 Å². The van der Waals surface area contributed by atoms with Crippen LogP contribution in [0.15, 0.2) is 12.1 Å². The number of halogens is 1. The summed E-state index contributed by atoms with van der Waals surface area (Å²) in [6.45, 7) is 0.337. The number of ether oxygens (including phenoxy) is 1. The van der Waals surface area contributed by atoms with Crippen LogP contribution >= 0.6 is 0 Å². The highest BCUT2D eigenvalue weighted by atomic mass is 19.1. The normalized spacial score (nSPS) is 17.1. The summed E-state index contributed by atoms with van der Waals surface area (Å²) >= 11 is 0. The summed E-state index contributed by atoms with van der Waals surface area (Å²) in [5.74, 6) is -0.632. The molecule has 1 aliphatic rings. The zero-order valence-corrected chi connectivity index (χ0v) is 10.1. The summed E-state index contributed by atoms with van der Waals surface area (Å²) < 4.78 is 18.9. The molecule has 0 saturated heterocycles. The second-order valence-corrected chi connectivity index (χ2v) is 4.60. The lowest BCUT2D eigenvalue weighted by Crippen LogP contribution is -2.42. The highest BCUT2D eigenvalue weighted by Crippen LogP contribution is 2.48. The topological polar surface area (TPSA) is 78.4 Å². The third kappa shape index (κ3) is 1.82. The Labute approximate surface area is 104 Å². The molecule has 0 atom stereocenters. The Morgan fingerprint density at radius 2 is 2.22 bits per heavy atom. The van der Waals surface area contributed by atoms with Gasteiger partial charge in [-0.25, -0.2) is 4.39 Å². The van der Waals surface area contributed by atoms with Crippen molar-refractivity contribution in [2.45, 2.75) is 24.7 Å². The van der Waals surface area contributed by atoms with E-state index in [9.17, 15) is 14.5 Å². The molecule has 1 aromatic carbocycles. The average molecular weight is 254 g/mol. The lowest BCUT2D eigenvalue weighted by molar-refractivity contribution is -0.385. The summed E-state index contributed by atoms with van der Waals surface area (Å²) in [6.07, 6.45) is 2.60. The fourth-order valence-corrected chi connectivity index (χ4v) is 2.47. The fraction of sp³-hybridized carbons (Fsp3) is 0.500. The molecule has 18 heavy (non-hydrogen) atoms. The van der Waals surface area contributed by atoms with E-state index in [1.165, 1.54) is 13.2 Å². The van der Waals surface area contributed by atoms with Gasteiger partial charge in [0, 0.05) is 23.6 Å². The van der Waals surface area contributed by atoms with Crippen LogP contribution in [0, 0.1) is 15.9 Å². The molecule has 98 valence electrons. The van der Waals surface area contributed by atoms with Gasteiger partial charge in [0.15, 0.2) is 11.6 Å². The molecule has 5 nitrogen and oxygen atoms in total. The van der Waals surface area contributed by atoms with E-state index in [0.29, 0.717) is 12.1 Å². The molecule has 1 aromatic rings. The van der Waals surface area contributed by atoms with E-state index in [4.69, 9.17) is 10.5 Å². The lowest BCUT2D eigenvalue weighted by atomic mass is 9.64. The van der Waals surface area contributed by atoms with Gasteiger partial charge in [-0.15, -0.1) is 0 Å². The lowest BCUT2D eigenvalue weighted by Gasteiger charge is -2.42. The summed E-state index contributed by atoms with van der Waals surface area (Å²) in [4.78, 5) is 10.2. The maximum Gasteiger partial charge on any atom is 0.272 e. The van der Waals surface area contributed by atoms with Crippen LogP contribution in [0.1, 0.15) is 24.8 Å². The highest BCUT2D eigenvalue weighted by molar-refractivity contribution is 5.50. The maximum absolute atomic E-state index is 13.8. The quantitative estimate of drug-likeness (QED) is 0.659. The number of nitrogens with zero attached hydrogens (tertiary/aromatic N) is 1. The van der Waals surface area contributed by atoms with Crippen LogP contribution in [0.2, 0.25) is 0 Å². The summed E-state index contributed by atoms with van der Waals surface area (Å²) in [7, 11) is 1.36. The minimum absolute atomic E-state index is 0.0748. The van der Waals surface area contributed by atoms with Gasteiger partial charge in [0.25, 0.3) is 5.69 Å². The van der Waals surface area contributed by atoms with Gasteiger partial charge in [0.05, 0.1) is 18.1 Å². The van der Waals surface area contributed by atoms with Crippen molar-refractivity contribution in [3.63, 3.8) is 0 Å². The Hall–Kier alpha value is -1.69. The number of nitro groups is 1. The van der Waals surface area contributed by atoms with Crippen LogP contribution in [0.25, 0.3) is 0 Å². The van der Waals surface area contributed by atoms with Crippen LogP contribution in [-0.4, -0.2) is 18.6 Å². The molecular weight excluding hydrogens is 239 g/mol. The van der Waals surface area contributed by atoms with Crippen molar-refractivity contribution in [2.24, 2.45) is 5.73 Å². The number of methoxy groups -OCH3 is 1. The predicted octanol–water partition coefficient (Wildman–Crippen LogP) is 2.12. The molecule has 0 aromatic heterocycles. The molecule has 0 bridgehead atoms.